The number of carbonyl (C=O) groups is 1. The van der Waals surface area contributed by atoms with Crippen LogP contribution in [0.1, 0.15) is 20.8 Å². The van der Waals surface area contributed by atoms with Crippen LogP contribution < -0.4 is 11.1 Å². The number of thiophene rings is 1. The van der Waals surface area contributed by atoms with Gasteiger partial charge in [-0.15, -0.1) is 11.3 Å². The minimum absolute atomic E-state index is 0.184. The van der Waals surface area contributed by atoms with E-state index in [9.17, 15) is 4.79 Å². The lowest BCUT2D eigenvalue weighted by atomic mass is 10.2. The zero-order chi connectivity index (χ0) is 21.4. The van der Waals surface area contributed by atoms with Crippen LogP contribution in [0.4, 0.5) is 11.5 Å². The number of amides is 1. The molecule has 0 atom stereocenters. The second kappa shape index (κ2) is 7.66. The smallest absolute Gasteiger partial charge is 0.261 e. The molecular formula is C23H18N6OS. The number of hydrogen-bond acceptors (Lipinski definition) is 6. The van der Waals surface area contributed by atoms with Gasteiger partial charge in [-0.1, -0.05) is 30.3 Å². The molecule has 0 spiro atoms. The van der Waals surface area contributed by atoms with Crippen LogP contribution in [0, 0.1) is 6.92 Å². The SMILES string of the molecule is Cc1cccc(NC(=O)c2c(N)n(N=Cc3cccs3)c3nc4ccccc4nc23)c1. The zero-order valence-corrected chi connectivity index (χ0v) is 17.4. The third-order valence-corrected chi connectivity index (χ3v) is 5.63. The molecule has 0 unspecified atom stereocenters. The quantitative estimate of drug-likeness (QED) is 0.408. The fourth-order valence-electron chi connectivity index (χ4n) is 3.38. The first-order chi connectivity index (χ1) is 15.1. The minimum atomic E-state index is -0.359. The van der Waals surface area contributed by atoms with E-state index < -0.39 is 0 Å². The van der Waals surface area contributed by atoms with E-state index in [0.29, 0.717) is 27.9 Å². The molecule has 5 rings (SSSR count). The molecular weight excluding hydrogens is 408 g/mol. The second-order valence-corrected chi connectivity index (χ2v) is 8.02. The number of benzene rings is 2. The summed E-state index contributed by atoms with van der Waals surface area (Å²) in [7, 11) is 0. The van der Waals surface area contributed by atoms with Gasteiger partial charge in [-0.3, -0.25) is 4.79 Å². The van der Waals surface area contributed by atoms with Crippen molar-refractivity contribution in [1.29, 1.82) is 0 Å². The van der Waals surface area contributed by atoms with Gasteiger partial charge < -0.3 is 11.1 Å². The van der Waals surface area contributed by atoms with Gasteiger partial charge in [-0.25, -0.2) is 9.97 Å². The maximum atomic E-state index is 13.2. The molecule has 2 aromatic carbocycles. The van der Waals surface area contributed by atoms with E-state index in [1.54, 1.807) is 17.6 Å². The molecule has 0 aliphatic rings. The summed E-state index contributed by atoms with van der Waals surface area (Å²) in [5, 5.41) is 9.38. The highest BCUT2D eigenvalue weighted by molar-refractivity contribution is 7.11. The average molecular weight is 427 g/mol. The third-order valence-electron chi connectivity index (χ3n) is 4.82. The fraction of sp³-hybridized carbons (Fsp3) is 0.0435. The Labute approximate surface area is 181 Å². The van der Waals surface area contributed by atoms with Crippen LogP contribution in [0.2, 0.25) is 0 Å². The lowest BCUT2D eigenvalue weighted by Crippen LogP contribution is -2.14. The highest BCUT2D eigenvalue weighted by Crippen LogP contribution is 2.29. The Hall–Kier alpha value is -4.04. The van der Waals surface area contributed by atoms with Crippen molar-refractivity contribution in [2.24, 2.45) is 5.10 Å². The normalized spacial score (nSPS) is 11.5. The molecule has 31 heavy (non-hydrogen) atoms. The van der Waals surface area contributed by atoms with Crippen molar-refractivity contribution < 1.29 is 4.79 Å². The first-order valence-corrected chi connectivity index (χ1v) is 10.5. The van der Waals surface area contributed by atoms with Crippen molar-refractivity contribution in [3.63, 3.8) is 0 Å². The van der Waals surface area contributed by atoms with E-state index in [-0.39, 0.29) is 17.3 Å². The summed E-state index contributed by atoms with van der Waals surface area (Å²) in [5.41, 5.74) is 10.6. The van der Waals surface area contributed by atoms with Gasteiger partial charge in [0.1, 0.15) is 16.9 Å². The standard InChI is InChI=1S/C23H18N6OS/c1-14-6-4-7-15(12-14)26-23(30)19-20-22(28-18-10-3-2-9-17(18)27-20)29(21(19)24)25-13-16-8-5-11-31-16/h2-13H,24H2,1H3,(H,26,30). The van der Waals surface area contributed by atoms with Crippen LogP contribution in [0.5, 0.6) is 0 Å². The van der Waals surface area contributed by atoms with Gasteiger partial charge in [0, 0.05) is 10.6 Å². The number of para-hydroxylation sites is 2. The van der Waals surface area contributed by atoms with Crippen molar-refractivity contribution in [2.75, 3.05) is 11.1 Å². The second-order valence-electron chi connectivity index (χ2n) is 7.04. The van der Waals surface area contributed by atoms with Gasteiger partial charge in [0.25, 0.3) is 5.91 Å². The maximum Gasteiger partial charge on any atom is 0.261 e. The first kappa shape index (κ1) is 19.0. The number of rotatable bonds is 4. The largest absolute Gasteiger partial charge is 0.383 e. The molecule has 0 fully saturated rings. The van der Waals surface area contributed by atoms with Crippen molar-refractivity contribution in [1.82, 2.24) is 14.6 Å². The molecule has 152 valence electrons. The predicted molar refractivity (Wildman–Crippen MR) is 126 cm³/mol. The molecule has 0 radical (unpaired) electrons. The molecule has 0 aliphatic heterocycles. The van der Waals surface area contributed by atoms with E-state index in [2.05, 4.69) is 15.4 Å². The van der Waals surface area contributed by atoms with Crippen LogP contribution in [-0.4, -0.2) is 26.8 Å². The summed E-state index contributed by atoms with van der Waals surface area (Å²) in [6.07, 6.45) is 1.69. The molecule has 0 saturated carbocycles. The van der Waals surface area contributed by atoms with Gasteiger partial charge in [0.05, 0.1) is 17.2 Å². The summed E-state index contributed by atoms with van der Waals surface area (Å²) >= 11 is 1.55. The zero-order valence-electron chi connectivity index (χ0n) is 16.6. The lowest BCUT2D eigenvalue weighted by Gasteiger charge is -2.06. The van der Waals surface area contributed by atoms with Crippen molar-refractivity contribution in [3.8, 4) is 0 Å². The van der Waals surface area contributed by atoms with E-state index in [0.717, 1.165) is 10.4 Å². The number of aryl methyl sites for hydroxylation is 1. The van der Waals surface area contributed by atoms with E-state index >= 15 is 0 Å². The van der Waals surface area contributed by atoms with Gasteiger partial charge in [0.15, 0.2) is 5.65 Å². The Morgan fingerprint density at radius 3 is 2.65 bits per heavy atom. The topological polar surface area (TPSA) is 98.2 Å². The van der Waals surface area contributed by atoms with Crippen LogP contribution in [-0.2, 0) is 0 Å². The number of aromatic nitrogens is 3. The Morgan fingerprint density at radius 2 is 1.90 bits per heavy atom. The molecule has 8 heteroatoms. The summed E-state index contributed by atoms with van der Waals surface area (Å²) in [4.78, 5) is 23.6. The number of fused-ring (bicyclic) bond motifs is 2. The van der Waals surface area contributed by atoms with Gasteiger partial charge in [-0.2, -0.15) is 9.78 Å². The molecule has 0 bridgehead atoms. The highest BCUT2D eigenvalue weighted by atomic mass is 32.1. The summed E-state index contributed by atoms with van der Waals surface area (Å²) < 4.78 is 1.47. The monoisotopic (exact) mass is 426 g/mol. The number of nitrogens with two attached hydrogens (primary N) is 1. The predicted octanol–water partition coefficient (Wildman–Crippen LogP) is 4.67. The van der Waals surface area contributed by atoms with Crippen molar-refractivity contribution in [2.45, 2.75) is 6.92 Å². The molecule has 0 aliphatic carbocycles. The molecule has 3 aromatic heterocycles. The number of nitrogens with one attached hydrogen (secondary N) is 1. The Balaban J connectivity index is 1.68. The van der Waals surface area contributed by atoms with E-state index in [1.165, 1.54) is 4.68 Å². The maximum absolute atomic E-state index is 13.2. The Morgan fingerprint density at radius 1 is 1.10 bits per heavy atom. The van der Waals surface area contributed by atoms with Crippen LogP contribution in [0.15, 0.2) is 71.1 Å². The van der Waals surface area contributed by atoms with Crippen molar-refractivity contribution >= 4 is 57.2 Å². The average Bonchev–Trinajstić information content (AvgIpc) is 3.36. The molecule has 3 heterocycles. The molecule has 0 saturated heterocycles. The first-order valence-electron chi connectivity index (χ1n) is 9.63. The number of anilines is 2. The van der Waals surface area contributed by atoms with Crippen LogP contribution in [0.25, 0.3) is 22.2 Å². The number of nitrogens with zero attached hydrogens (tertiary/aromatic N) is 4. The van der Waals surface area contributed by atoms with Crippen LogP contribution >= 0.6 is 11.3 Å². The van der Waals surface area contributed by atoms with E-state index in [4.69, 9.17) is 10.7 Å². The third kappa shape index (κ3) is 3.53. The van der Waals surface area contributed by atoms with Crippen molar-refractivity contribution in [3.05, 3.63) is 82.0 Å². The van der Waals surface area contributed by atoms with Gasteiger partial charge in [-0.05, 0) is 48.2 Å². The fourth-order valence-corrected chi connectivity index (χ4v) is 3.96. The summed E-state index contributed by atoms with van der Waals surface area (Å²) in [5.74, 6) is -0.175. The van der Waals surface area contributed by atoms with Crippen LogP contribution in [0.3, 0.4) is 0 Å². The number of carbonyl (C=O) groups excluding carboxylic acids is 1. The molecule has 7 nitrogen and oxygen atoms in total. The highest BCUT2D eigenvalue weighted by Gasteiger charge is 2.24. The van der Waals surface area contributed by atoms with Gasteiger partial charge >= 0.3 is 0 Å². The minimum Gasteiger partial charge on any atom is -0.383 e. The molecule has 1 amide bonds. The Kier molecular flexibility index (Phi) is 4.68. The summed E-state index contributed by atoms with van der Waals surface area (Å²) in [6.45, 7) is 1.97. The molecule has 3 N–H and O–H groups in total. The Bertz CT molecular complexity index is 1450. The summed E-state index contributed by atoms with van der Waals surface area (Å²) in [6, 6.07) is 18.9. The van der Waals surface area contributed by atoms with Gasteiger partial charge in [0.2, 0.25) is 0 Å². The molecule has 5 aromatic rings. The van der Waals surface area contributed by atoms with E-state index in [1.807, 2.05) is 73.0 Å². The number of nitrogen functional groups attached to an aromatic ring is 1. The lowest BCUT2D eigenvalue weighted by molar-refractivity contribution is 0.102. The number of hydrogen-bond donors (Lipinski definition) is 2.